The molecule has 1 saturated heterocycles. The lowest BCUT2D eigenvalue weighted by Gasteiger charge is -2.30. The van der Waals surface area contributed by atoms with Crippen LogP contribution in [0.2, 0.25) is 0 Å². The third kappa shape index (κ3) is 5.61. The second-order valence-corrected chi connectivity index (χ2v) is 10.6. The largest absolute Gasteiger partial charge is 0.443 e. The number of benzene rings is 1. The van der Waals surface area contributed by atoms with Crippen LogP contribution in [0.1, 0.15) is 75.9 Å². The van der Waals surface area contributed by atoms with Crippen molar-refractivity contribution >= 4 is 11.8 Å². The number of rotatable bonds is 8. The number of carbonyl (C=O) groups is 2. The number of aliphatic hydroxyl groups is 1. The zero-order valence-corrected chi connectivity index (χ0v) is 22.4. The summed E-state index contributed by atoms with van der Waals surface area (Å²) in [5.74, 6) is 0.483. The van der Waals surface area contributed by atoms with Crippen LogP contribution in [-0.4, -0.2) is 55.3 Å². The van der Waals surface area contributed by atoms with Gasteiger partial charge in [0, 0.05) is 24.7 Å². The number of nitrogens with zero attached hydrogens (tertiary/aromatic N) is 4. The third-order valence-electron chi connectivity index (χ3n) is 7.10. The number of likely N-dealkylation sites (tertiary alicyclic amines) is 1. The first-order chi connectivity index (χ1) is 17.6. The van der Waals surface area contributed by atoms with Crippen molar-refractivity contribution in [3.05, 3.63) is 59.9 Å². The molecule has 4 rings (SSSR count). The minimum Gasteiger partial charge on any atom is -0.443 e. The van der Waals surface area contributed by atoms with Crippen molar-refractivity contribution in [2.75, 3.05) is 6.54 Å². The Hall–Kier alpha value is -3.46. The Morgan fingerprint density at radius 2 is 1.81 bits per heavy atom. The van der Waals surface area contributed by atoms with Crippen LogP contribution in [0.25, 0.3) is 11.3 Å². The first-order valence-electron chi connectivity index (χ1n) is 12.9. The van der Waals surface area contributed by atoms with Crippen LogP contribution in [-0.2, 0) is 9.59 Å². The Labute approximate surface area is 217 Å². The van der Waals surface area contributed by atoms with E-state index in [1.807, 2.05) is 58.2 Å². The number of carbonyl (C=O) groups excluding carboxylic acids is 2. The molecule has 3 heterocycles. The zero-order chi connectivity index (χ0) is 26.9. The molecule has 2 aromatic heterocycles. The minimum atomic E-state index is -0.754. The van der Waals surface area contributed by atoms with Gasteiger partial charge in [0.1, 0.15) is 12.1 Å². The molecule has 4 atom stereocenters. The molecule has 198 valence electrons. The number of oxazole rings is 1. The van der Waals surface area contributed by atoms with Gasteiger partial charge in [-0.15, -0.1) is 0 Å². The molecule has 1 aliphatic heterocycles. The summed E-state index contributed by atoms with van der Waals surface area (Å²) >= 11 is 0. The van der Waals surface area contributed by atoms with Crippen molar-refractivity contribution in [3.63, 3.8) is 0 Å². The standard InChI is InChI=1S/C28H37N5O4/c1-16(2)22-12-30-33(13-22)25(17(3)4)28(36)32-14-23(34)11-24(32)27(35)31-18(5)20-7-9-21(10-8-20)26-19(6)29-15-37-26/h7-10,12-13,15-18,23-25,34H,11,14H2,1-6H3,(H,31,35). The molecule has 2 amide bonds. The number of nitrogens with one attached hydrogen (secondary N) is 1. The van der Waals surface area contributed by atoms with Crippen LogP contribution in [0.5, 0.6) is 0 Å². The lowest BCUT2D eigenvalue weighted by atomic mass is 10.0. The van der Waals surface area contributed by atoms with E-state index in [2.05, 4.69) is 29.2 Å². The van der Waals surface area contributed by atoms with Gasteiger partial charge in [-0.3, -0.25) is 14.3 Å². The van der Waals surface area contributed by atoms with E-state index in [1.165, 1.54) is 11.3 Å². The number of amides is 2. The monoisotopic (exact) mass is 507 g/mol. The van der Waals surface area contributed by atoms with Crippen molar-refractivity contribution in [2.24, 2.45) is 5.92 Å². The van der Waals surface area contributed by atoms with Crippen LogP contribution in [0.3, 0.4) is 0 Å². The molecule has 3 aromatic rings. The predicted molar refractivity (Wildman–Crippen MR) is 140 cm³/mol. The highest BCUT2D eigenvalue weighted by atomic mass is 16.3. The number of hydrogen-bond acceptors (Lipinski definition) is 6. The first-order valence-corrected chi connectivity index (χ1v) is 12.9. The van der Waals surface area contributed by atoms with Gasteiger partial charge < -0.3 is 19.7 Å². The van der Waals surface area contributed by atoms with Crippen molar-refractivity contribution in [1.82, 2.24) is 25.0 Å². The van der Waals surface area contributed by atoms with Gasteiger partial charge >= 0.3 is 0 Å². The normalized spacial score (nSPS) is 19.4. The Balaban J connectivity index is 1.48. The molecule has 1 aromatic carbocycles. The fraction of sp³-hybridized carbons (Fsp3) is 0.500. The first kappa shape index (κ1) is 26.6. The Bertz CT molecular complexity index is 1230. The highest BCUT2D eigenvalue weighted by Crippen LogP contribution is 2.29. The molecule has 9 heteroatoms. The summed E-state index contributed by atoms with van der Waals surface area (Å²) in [6.07, 6.45) is 4.56. The highest BCUT2D eigenvalue weighted by molar-refractivity contribution is 5.90. The maximum Gasteiger partial charge on any atom is 0.248 e. The second-order valence-electron chi connectivity index (χ2n) is 10.6. The van der Waals surface area contributed by atoms with E-state index in [0.717, 1.165) is 28.1 Å². The molecule has 0 bridgehead atoms. The molecule has 0 aliphatic carbocycles. The SMILES string of the molecule is Cc1ncoc1-c1ccc(C(C)NC(=O)C2CC(O)CN2C(=O)C(C(C)C)n2cc(C(C)C)cn2)cc1. The van der Waals surface area contributed by atoms with E-state index in [9.17, 15) is 14.7 Å². The molecule has 37 heavy (non-hydrogen) atoms. The van der Waals surface area contributed by atoms with E-state index in [-0.39, 0.29) is 36.7 Å². The van der Waals surface area contributed by atoms with Crippen molar-refractivity contribution < 1.29 is 19.1 Å². The quantitative estimate of drug-likeness (QED) is 0.476. The molecule has 4 unspecified atom stereocenters. The van der Waals surface area contributed by atoms with Crippen LogP contribution >= 0.6 is 0 Å². The van der Waals surface area contributed by atoms with Gasteiger partial charge in [-0.05, 0) is 36.8 Å². The van der Waals surface area contributed by atoms with Crippen LogP contribution in [0, 0.1) is 12.8 Å². The summed E-state index contributed by atoms with van der Waals surface area (Å²) in [6, 6.07) is 6.15. The summed E-state index contributed by atoms with van der Waals surface area (Å²) in [7, 11) is 0. The average molecular weight is 508 g/mol. The molecule has 1 fully saturated rings. The van der Waals surface area contributed by atoms with E-state index < -0.39 is 18.2 Å². The van der Waals surface area contributed by atoms with Crippen molar-refractivity contribution in [2.45, 2.75) is 78.1 Å². The summed E-state index contributed by atoms with van der Waals surface area (Å²) in [5.41, 5.74) is 3.69. The molecule has 0 radical (unpaired) electrons. The third-order valence-corrected chi connectivity index (χ3v) is 7.10. The predicted octanol–water partition coefficient (Wildman–Crippen LogP) is 4.01. The van der Waals surface area contributed by atoms with Gasteiger partial charge in [0.15, 0.2) is 12.2 Å². The highest BCUT2D eigenvalue weighted by Gasteiger charge is 2.42. The van der Waals surface area contributed by atoms with Gasteiger partial charge in [0.25, 0.3) is 0 Å². The average Bonchev–Trinajstić information content (AvgIpc) is 3.59. The summed E-state index contributed by atoms with van der Waals surface area (Å²) < 4.78 is 7.16. The van der Waals surface area contributed by atoms with E-state index in [1.54, 1.807) is 10.9 Å². The van der Waals surface area contributed by atoms with Crippen LogP contribution in [0.4, 0.5) is 0 Å². The molecular formula is C28H37N5O4. The van der Waals surface area contributed by atoms with E-state index in [0.29, 0.717) is 5.92 Å². The van der Waals surface area contributed by atoms with Gasteiger partial charge in [-0.25, -0.2) is 4.98 Å². The van der Waals surface area contributed by atoms with Gasteiger partial charge in [0.2, 0.25) is 11.8 Å². The number of hydrogen-bond donors (Lipinski definition) is 2. The Morgan fingerprint density at radius 1 is 1.11 bits per heavy atom. The van der Waals surface area contributed by atoms with Crippen molar-refractivity contribution in [3.8, 4) is 11.3 Å². The van der Waals surface area contributed by atoms with Gasteiger partial charge in [-0.2, -0.15) is 5.10 Å². The van der Waals surface area contributed by atoms with E-state index in [4.69, 9.17) is 4.42 Å². The Kier molecular flexibility index (Phi) is 7.82. The molecule has 9 nitrogen and oxygen atoms in total. The molecule has 1 aliphatic rings. The smallest absolute Gasteiger partial charge is 0.248 e. The van der Waals surface area contributed by atoms with Crippen LogP contribution in [0.15, 0.2) is 47.5 Å². The zero-order valence-electron chi connectivity index (χ0n) is 22.4. The maximum atomic E-state index is 13.7. The lowest BCUT2D eigenvalue weighted by molar-refractivity contribution is -0.142. The second kappa shape index (κ2) is 10.9. The van der Waals surface area contributed by atoms with E-state index >= 15 is 0 Å². The molecule has 0 spiro atoms. The fourth-order valence-electron chi connectivity index (χ4n) is 4.88. The Morgan fingerprint density at radius 3 is 2.38 bits per heavy atom. The van der Waals surface area contributed by atoms with Gasteiger partial charge in [-0.1, -0.05) is 52.0 Å². The number of aliphatic hydroxyl groups excluding tert-OH is 1. The van der Waals surface area contributed by atoms with Crippen LogP contribution < -0.4 is 5.32 Å². The summed E-state index contributed by atoms with van der Waals surface area (Å²) in [6.45, 7) is 12.0. The van der Waals surface area contributed by atoms with Crippen molar-refractivity contribution in [1.29, 1.82) is 0 Å². The summed E-state index contributed by atoms with van der Waals surface area (Å²) in [4.78, 5) is 32.7. The fourth-order valence-corrected chi connectivity index (χ4v) is 4.88. The number of aryl methyl sites for hydroxylation is 1. The lowest BCUT2D eigenvalue weighted by Crippen LogP contribution is -2.49. The topological polar surface area (TPSA) is 113 Å². The number of aromatic nitrogens is 3. The van der Waals surface area contributed by atoms with Gasteiger partial charge in [0.05, 0.1) is 24.0 Å². The molecule has 0 saturated carbocycles. The number of β-amino-alcohol motifs (C(OH)–C–C–N with tert-alkyl or cyclic N) is 1. The maximum absolute atomic E-state index is 13.7. The minimum absolute atomic E-state index is 0.0423. The molecule has 2 N–H and O–H groups in total. The molecular weight excluding hydrogens is 470 g/mol. The summed E-state index contributed by atoms with van der Waals surface area (Å²) in [5, 5.41) is 17.9.